The Kier molecular flexibility index (Phi) is 4.27. The number of aryl methyl sites for hydroxylation is 2. The Morgan fingerprint density at radius 2 is 1.78 bits per heavy atom. The molecule has 0 aliphatic carbocycles. The molecule has 0 amide bonds. The molecule has 0 bridgehead atoms. The topological polar surface area (TPSA) is 3.24 Å². The van der Waals surface area contributed by atoms with Gasteiger partial charge in [0, 0.05) is 24.8 Å². The monoisotopic (exact) mass is 258 g/mol. The SMILES string of the molecule is CN(C)c1cc[c]c(CCc2ccc(Cl)cc2)c1. The van der Waals surface area contributed by atoms with Crippen molar-refractivity contribution in [2.45, 2.75) is 12.8 Å². The van der Waals surface area contributed by atoms with Crippen LogP contribution in [0.5, 0.6) is 0 Å². The Morgan fingerprint density at radius 3 is 2.44 bits per heavy atom. The molecule has 0 aromatic heterocycles. The van der Waals surface area contributed by atoms with Crippen molar-refractivity contribution in [2.75, 3.05) is 19.0 Å². The number of nitrogens with zero attached hydrogens (tertiary/aromatic N) is 1. The summed E-state index contributed by atoms with van der Waals surface area (Å²) in [4.78, 5) is 2.11. The molecular formula is C16H17ClN. The zero-order valence-corrected chi connectivity index (χ0v) is 11.5. The third-order valence-corrected chi connectivity index (χ3v) is 3.21. The lowest BCUT2D eigenvalue weighted by molar-refractivity contribution is 0.955. The first-order chi connectivity index (χ1) is 8.65. The van der Waals surface area contributed by atoms with E-state index < -0.39 is 0 Å². The lowest BCUT2D eigenvalue weighted by Gasteiger charge is -2.13. The number of hydrogen-bond donors (Lipinski definition) is 0. The maximum atomic E-state index is 5.87. The van der Waals surface area contributed by atoms with Gasteiger partial charge in [0.1, 0.15) is 0 Å². The minimum Gasteiger partial charge on any atom is -0.378 e. The largest absolute Gasteiger partial charge is 0.378 e. The predicted molar refractivity (Wildman–Crippen MR) is 78.5 cm³/mol. The van der Waals surface area contributed by atoms with Crippen molar-refractivity contribution in [3.63, 3.8) is 0 Å². The van der Waals surface area contributed by atoms with Gasteiger partial charge >= 0.3 is 0 Å². The third-order valence-electron chi connectivity index (χ3n) is 2.96. The number of rotatable bonds is 4. The quantitative estimate of drug-likeness (QED) is 0.802. The zero-order chi connectivity index (χ0) is 13.0. The van der Waals surface area contributed by atoms with E-state index in [1.165, 1.54) is 16.8 Å². The molecule has 0 heterocycles. The van der Waals surface area contributed by atoms with Crippen molar-refractivity contribution in [3.05, 3.63) is 64.7 Å². The highest BCUT2D eigenvalue weighted by Gasteiger charge is 1.99. The summed E-state index contributed by atoms with van der Waals surface area (Å²) in [5.74, 6) is 0. The molecule has 0 fully saturated rings. The van der Waals surface area contributed by atoms with Gasteiger partial charge in [0.15, 0.2) is 0 Å². The number of hydrogen-bond acceptors (Lipinski definition) is 1. The molecule has 1 nitrogen and oxygen atoms in total. The van der Waals surface area contributed by atoms with E-state index in [-0.39, 0.29) is 0 Å². The van der Waals surface area contributed by atoms with Crippen molar-refractivity contribution in [2.24, 2.45) is 0 Å². The molecule has 1 radical (unpaired) electrons. The fourth-order valence-electron chi connectivity index (χ4n) is 1.85. The van der Waals surface area contributed by atoms with Crippen molar-refractivity contribution in [1.82, 2.24) is 0 Å². The Bertz CT molecular complexity index is 503. The maximum Gasteiger partial charge on any atom is 0.0406 e. The van der Waals surface area contributed by atoms with E-state index in [0.717, 1.165) is 17.9 Å². The zero-order valence-electron chi connectivity index (χ0n) is 10.8. The minimum atomic E-state index is 0.792. The third kappa shape index (κ3) is 3.51. The normalized spacial score (nSPS) is 10.4. The first-order valence-corrected chi connectivity index (χ1v) is 6.45. The fourth-order valence-corrected chi connectivity index (χ4v) is 1.98. The van der Waals surface area contributed by atoms with E-state index in [9.17, 15) is 0 Å². The second kappa shape index (κ2) is 5.92. The van der Waals surface area contributed by atoms with Crippen LogP contribution in [0.15, 0.2) is 42.5 Å². The van der Waals surface area contributed by atoms with Gasteiger partial charge in [0.05, 0.1) is 0 Å². The Morgan fingerprint density at radius 1 is 1.06 bits per heavy atom. The van der Waals surface area contributed by atoms with E-state index >= 15 is 0 Å². The highest BCUT2D eigenvalue weighted by atomic mass is 35.5. The first-order valence-electron chi connectivity index (χ1n) is 6.07. The summed E-state index contributed by atoms with van der Waals surface area (Å²) in [6.07, 6.45) is 2.02. The minimum absolute atomic E-state index is 0.792. The van der Waals surface area contributed by atoms with Crippen molar-refractivity contribution in [1.29, 1.82) is 0 Å². The summed E-state index contributed by atoms with van der Waals surface area (Å²) in [6, 6.07) is 17.6. The molecule has 2 aromatic carbocycles. The van der Waals surface area contributed by atoms with Crippen LogP contribution in [0.25, 0.3) is 0 Å². The van der Waals surface area contributed by atoms with Gasteiger partial charge in [0.2, 0.25) is 0 Å². The first kappa shape index (κ1) is 13.0. The van der Waals surface area contributed by atoms with Gasteiger partial charge < -0.3 is 4.90 Å². The van der Waals surface area contributed by atoms with E-state index in [1.807, 2.05) is 18.2 Å². The molecule has 0 N–H and O–H groups in total. The summed E-state index contributed by atoms with van der Waals surface area (Å²) in [5.41, 5.74) is 3.78. The second-order valence-corrected chi connectivity index (χ2v) is 5.03. The molecule has 0 saturated heterocycles. The van der Waals surface area contributed by atoms with Crippen molar-refractivity contribution < 1.29 is 0 Å². The van der Waals surface area contributed by atoms with Crippen LogP contribution in [-0.2, 0) is 12.8 Å². The van der Waals surface area contributed by atoms with Gasteiger partial charge in [-0.25, -0.2) is 0 Å². The molecule has 0 aliphatic rings. The summed E-state index contributed by atoms with van der Waals surface area (Å²) >= 11 is 5.87. The summed E-state index contributed by atoms with van der Waals surface area (Å²) in [6.45, 7) is 0. The predicted octanol–water partition coefficient (Wildman–Crippen LogP) is 3.99. The second-order valence-electron chi connectivity index (χ2n) is 4.59. The molecule has 0 saturated carbocycles. The molecule has 2 rings (SSSR count). The molecule has 93 valence electrons. The molecule has 2 aromatic rings. The molecular weight excluding hydrogens is 242 g/mol. The van der Waals surface area contributed by atoms with Crippen molar-refractivity contribution >= 4 is 17.3 Å². The molecule has 0 atom stereocenters. The molecule has 0 aliphatic heterocycles. The van der Waals surface area contributed by atoms with Crippen LogP contribution < -0.4 is 4.90 Å². The van der Waals surface area contributed by atoms with Gasteiger partial charge in [-0.15, -0.1) is 0 Å². The highest BCUT2D eigenvalue weighted by molar-refractivity contribution is 6.30. The van der Waals surface area contributed by atoms with Gasteiger partial charge in [-0.1, -0.05) is 29.8 Å². The fraction of sp³-hybridized carbons (Fsp3) is 0.250. The van der Waals surface area contributed by atoms with Crippen LogP contribution in [-0.4, -0.2) is 14.1 Å². The standard InChI is InChI=1S/C16H17ClN/c1-18(2)16-5-3-4-14(12-16)7-6-13-8-10-15(17)11-9-13/h3,5,8-12H,6-7H2,1-2H3. The lowest BCUT2D eigenvalue weighted by atomic mass is 10.0. The number of benzene rings is 2. The Balaban J connectivity index is 2.01. The van der Waals surface area contributed by atoms with E-state index in [0.29, 0.717) is 0 Å². The highest BCUT2D eigenvalue weighted by Crippen LogP contribution is 2.16. The van der Waals surface area contributed by atoms with E-state index in [1.54, 1.807) is 0 Å². The Hall–Kier alpha value is -1.47. The molecule has 18 heavy (non-hydrogen) atoms. The maximum absolute atomic E-state index is 5.87. The number of halogens is 1. The summed E-state index contributed by atoms with van der Waals surface area (Å²) < 4.78 is 0. The van der Waals surface area contributed by atoms with E-state index in [2.05, 4.69) is 49.3 Å². The van der Waals surface area contributed by atoms with Gasteiger partial charge in [-0.05, 0) is 54.3 Å². The van der Waals surface area contributed by atoms with Gasteiger partial charge in [0.25, 0.3) is 0 Å². The average molecular weight is 259 g/mol. The summed E-state index contributed by atoms with van der Waals surface area (Å²) in [5, 5.41) is 0.792. The van der Waals surface area contributed by atoms with Crippen LogP contribution in [0.2, 0.25) is 5.02 Å². The van der Waals surface area contributed by atoms with Crippen LogP contribution in [0.1, 0.15) is 11.1 Å². The summed E-state index contributed by atoms with van der Waals surface area (Å²) in [7, 11) is 4.11. The Labute approximate surface area is 114 Å². The van der Waals surface area contributed by atoms with Gasteiger partial charge in [-0.3, -0.25) is 0 Å². The van der Waals surface area contributed by atoms with Crippen LogP contribution in [0, 0.1) is 6.07 Å². The number of anilines is 1. The molecule has 0 unspecified atom stereocenters. The molecule has 0 spiro atoms. The van der Waals surface area contributed by atoms with E-state index in [4.69, 9.17) is 11.6 Å². The van der Waals surface area contributed by atoms with Crippen LogP contribution in [0.3, 0.4) is 0 Å². The van der Waals surface area contributed by atoms with Crippen molar-refractivity contribution in [3.8, 4) is 0 Å². The van der Waals surface area contributed by atoms with Crippen LogP contribution >= 0.6 is 11.6 Å². The smallest absolute Gasteiger partial charge is 0.0406 e. The average Bonchev–Trinajstić information content (AvgIpc) is 2.38. The molecule has 2 heteroatoms. The lowest BCUT2D eigenvalue weighted by Crippen LogP contribution is -2.08. The van der Waals surface area contributed by atoms with Crippen LogP contribution in [0.4, 0.5) is 5.69 Å². The van der Waals surface area contributed by atoms with Gasteiger partial charge in [-0.2, -0.15) is 0 Å².